The highest BCUT2D eigenvalue weighted by atomic mass is 16.2. The normalized spacial score (nSPS) is 10.7. The molecule has 2 heterocycles. The average Bonchev–Trinajstić information content (AvgIpc) is 2.59. The minimum atomic E-state index is 0.0637. The second kappa shape index (κ2) is 3.92. The summed E-state index contributed by atoms with van der Waals surface area (Å²) in [6.07, 6.45) is 3.89. The Labute approximate surface area is 93.7 Å². The van der Waals surface area contributed by atoms with Crippen LogP contribution in [0.15, 0.2) is 18.5 Å². The van der Waals surface area contributed by atoms with Crippen molar-refractivity contribution in [2.24, 2.45) is 0 Å². The Kier molecular flexibility index (Phi) is 2.60. The van der Waals surface area contributed by atoms with Gasteiger partial charge in [-0.15, -0.1) is 0 Å². The van der Waals surface area contributed by atoms with E-state index in [1.54, 1.807) is 29.7 Å². The van der Waals surface area contributed by atoms with Gasteiger partial charge in [-0.1, -0.05) is 0 Å². The van der Waals surface area contributed by atoms with E-state index in [1.807, 2.05) is 19.2 Å². The van der Waals surface area contributed by atoms with E-state index in [1.165, 1.54) is 0 Å². The fraction of sp³-hybridized carbons (Fsp3) is 0.364. The van der Waals surface area contributed by atoms with Crippen LogP contribution in [0.25, 0.3) is 5.65 Å². The van der Waals surface area contributed by atoms with Gasteiger partial charge < -0.3 is 4.90 Å². The van der Waals surface area contributed by atoms with Crippen LogP contribution in [-0.2, 0) is 11.2 Å². The quantitative estimate of drug-likeness (QED) is 0.744. The van der Waals surface area contributed by atoms with Crippen LogP contribution in [-0.4, -0.2) is 39.5 Å². The van der Waals surface area contributed by atoms with Crippen LogP contribution < -0.4 is 0 Å². The Bertz CT molecular complexity index is 530. The molecule has 16 heavy (non-hydrogen) atoms. The Morgan fingerprint density at radius 1 is 1.50 bits per heavy atom. The third-order valence-corrected chi connectivity index (χ3v) is 2.40. The largest absolute Gasteiger partial charge is 0.349 e. The maximum absolute atomic E-state index is 11.6. The molecule has 0 unspecified atom stereocenters. The Balaban J connectivity index is 2.40. The summed E-state index contributed by atoms with van der Waals surface area (Å²) in [5, 5.41) is 4.14. The van der Waals surface area contributed by atoms with Crippen LogP contribution in [0, 0.1) is 6.92 Å². The van der Waals surface area contributed by atoms with E-state index >= 15 is 0 Å². The van der Waals surface area contributed by atoms with Crippen molar-refractivity contribution in [2.75, 3.05) is 14.1 Å². The second-order valence-electron chi connectivity index (χ2n) is 3.97. The summed E-state index contributed by atoms with van der Waals surface area (Å²) in [7, 11) is 3.50. The number of rotatable bonds is 2. The molecule has 0 fully saturated rings. The van der Waals surface area contributed by atoms with Crippen molar-refractivity contribution in [3.8, 4) is 0 Å². The first-order valence-electron chi connectivity index (χ1n) is 5.08. The zero-order chi connectivity index (χ0) is 11.7. The number of aromatic nitrogens is 3. The summed E-state index contributed by atoms with van der Waals surface area (Å²) in [6, 6.07) is 1.84. The third-order valence-electron chi connectivity index (χ3n) is 2.40. The molecule has 5 heteroatoms. The molecular weight excluding hydrogens is 204 g/mol. The van der Waals surface area contributed by atoms with Crippen molar-refractivity contribution in [2.45, 2.75) is 13.3 Å². The smallest absolute Gasteiger partial charge is 0.226 e. The van der Waals surface area contributed by atoms with Crippen LogP contribution in [0.2, 0.25) is 0 Å². The summed E-state index contributed by atoms with van der Waals surface area (Å²) in [4.78, 5) is 17.6. The molecule has 0 N–H and O–H groups in total. The lowest BCUT2D eigenvalue weighted by Crippen LogP contribution is -2.23. The van der Waals surface area contributed by atoms with Crippen molar-refractivity contribution in [3.63, 3.8) is 0 Å². The molecule has 0 saturated heterocycles. The van der Waals surface area contributed by atoms with Gasteiger partial charge in [-0.3, -0.25) is 4.79 Å². The van der Waals surface area contributed by atoms with Gasteiger partial charge in [0, 0.05) is 25.9 Å². The van der Waals surface area contributed by atoms with Gasteiger partial charge in [0.1, 0.15) is 0 Å². The molecule has 0 atom stereocenters. The minimum Gasteiger partial charge on any atom is -0.349 e. The number of hydrogen-bond donors (Lipinski definition) is 0. The van der Waals surface area contributed by atoms with Crippen LogP contribution >= 0.6 is 0 Å². The van der Waals surface area contributed by atoms with Crippen LogP contribution in [0.3, 0.4) is 0 Å². The number of carbonyl (C=O) groups excluding carboxylic acids is 1. The molecular formula is C11H14N4O. The topological polar surface area (TPSA) is 50.5 Å². The zero-order valence-corrected chi connectivity index (χ0v) is 9.64. The average molecular weight is 218 g/mol. The third kappa shape index (κ3) is 1.88. The first-order chi connectivity index (χ1) is 7.58. The lowest BCUT2D eigenvalue weighted by atomic mass is 10.2. The number of carbonyl (C=O) groups is 1. The first-order valence-corrected chi connectivity index (χ1v) is 5.08. The second-order valence-corrected chi connectivity index (χ2v) is 3.97. The maximum atomic E-state index is 11.6. The van der Waals surface area contributed by atoms with Crippen LogP contribution in [0.4, 0.5) is 0 Å². The number of fused-ring (bicyclic) bond motifs is 1. The van der Waals surface area contributed by atoms with E-state index in [-0.39, 0.29) is 5.91 Å². The molecule has 0 aliphatic rings. The Hall–Kier alpha value is -1.91. The molecule has 2 aromatic rings. The lowest BCUT2D eigenvalue weighted by molar-refractivity contribution is -0.127. The van der Waals surface area contributed by atoms with Gasteiger partial charge in [0.2, 0.25) is 5.91 Å². The van der Waals surface area contributed by atoms with Crippen LogP contribution in [0.5, 0.6) is 0 Å². The van der Waals surface area contributed by atoms with Crippen molar-refractivity contribution < 1.29 is 4.79 Å². The van der Waals surface area contributed by atoms with E-state index in [9.17, 15) is 4.79 Å². The lowest BCUT2D eigenvalue weighted by Gasteiger charge is -2.10. The molecule has 0 bridgehead atoms. The highest BCUT2D eigenvalue weighted by Gasteiger charge is 2.10. The molecule has 0 spiro atoms. The monoisotopic (exact) mass is 218 g/mol. The number of nitrogens with zero attached hydrogens (tertiary/aromatic N) is 4. The summed E-state index contributed by atoms with van der Waals surface area (Å²) < 4.78 is 1.70. The Morgan fingerprint density at radius 3 is 2.94 bits per heavy atom. The maximum Gasteiger partial charge on any atom is 0.226 e. The Morgan fingerprint density at radius 2 is 2.25 bits per heavy atom. The summed E-state index contributed by atoms with van der Waals surface area (Å²) in [6.45, 7) is 1.91. The van der Waals surface area contributed by atoms with Crippen molar-refractivity contribution in [1.29, 1.82) is 0 Å². The highest BCUT2D eigenvalue weighted by Crippen LogP contribution is 2.10. The zero-order valence-electron chi connectivity index (χ0n) is 9.64. The number of amides is 1. The predicted octanol–water partition coefficient (Wildman–Crippen LogP) is 0.668. The molecule has 1 amide bonds. The van der Waals surface area contributed by atoms with E-state index in [0.29, 0.717) is 6.42 Å². The molecule has 5 nitrogen and oxygen atoms in total. The SMILES string of the molecule is Cc1cn2nccc(CC(=O)N(C)C)c2n1. The van der Waals surface area contributed by atoms with Gasteiger partial charge in [0.05, 0.1) is 18.3 Å². The van der Waals surface area contributed by atoms with Crippen LogP contribution in [0.1, 0.15) is 11.3 Å². The molecule has 2 rings (SSSR count). The van der Waals surface area contributed by atoms with Gasteiger partial charge in [-0.05, 0) is 13.0 Å². The fourth-order valence-electron chi connectivity index (χ4n) is 1.52. The predicted molar refractivity (Wildman–Crippen MR) is 60.1 cm³/mol. The summed E-state index contributed by atoms with van der Waals surface area (Å²) in [5.41, 5.74) is 2.56. The van der Waals surface area contributed by atoms with Gasteiger partial charge in [-0.25, -0.2) is 9.50 Å². The van der Waals surface area contributed by atoms with Crippen molar-refractivity contribution >= 4 is 11.6 Å². The van der Waals surface area contributed by atoms with Gasteiger partial charge >= 0.3 is 0 Å². The first kappa shape index (κ1) is 10.6. The number of imidazole rings is 1. The molecule has 0 aromatic carbocycles. The number of hydrogen-bond acceptors (Lipinski definition) is 3. The molecule has 0 radical (unpaired) electrons. The van der Waals surface area contributed by atoms with E-state index in [2.05, 4.69) is 10.1 Å². The summed E-state index contributed by atoms with van der Waals surface area (Å²) >= 11 is 0. The van der Waals surface area contributed by atoms with Gasteiger partial charge in [-0.2, -0.15) is 5.10 Å². The fourth-order valence-corrected chi connectivity index (χ4v) is 1.52. The number of aryl methyl sites for hydroxylation is 1. The highest BCUT2D eigenvalue weighted by molar-refractivity contribution is 5.80. The van der Waals surface area contributed by atoms with Gasteiger partial charge in [0.15, 0.2) is 5.65 Å². The van der Waals surface area contributed by atoms with Gasteiger partial charge in [0.25, 0.3) is 0 Å². The molecule has 84 valence electrons. The molecule has 0 aliphatic carbocycles. The standard InChI is InChI=1S/C11H14N4O/c1-8-7-15-11(13-8)9(4-5-12-15)6-10(16)14(2)3/h4-5,7H,6H2,1-3H3. The molecule has 0 saturated carbocycles. The number of likely N-dealkylation sites (N-methyl/N-ethyl adjacent to an activating group) is 1. The summed E-state index contributed by atoms with van der Waals surface area (Å²) in [5.74, 6) is 0.0637. The van der Waals surface area contributed by atoms with E-state index in [4.69, 9.17) is 0 Å². The minimum absolute atomic E-state index is 0.0637. The van der Waals surface area contributed by atoms with Crippen molar-refractivity contribution in [1.82, 2.24) is 19.5 Å². The molecule has 0 aliphatic heterocycles. The van der Waals surface area contributed by atoms with E-state index in [0.717, 1.165) is 16.9 Å². The molecule has 2 aromatic heterocycles. The van der Waals surface area contributed by atoms with Crippen molar-refractivity contribution in [3.05, 3.63) is 29.7 Å². The van der Waals surface area contributed by atoms with E-state index < -0.39 is 0 Å².